The Morgan fingerprint density at radius 2 is 2.00 bits per heavy atom. The van der Waals surface area contributed by atoms with Gasteiger partial charge in [0.25, 0.3) is 0 Å². The Labute approximate surface area is 108 Å². The Morgan fingerprint density at radius 3 is 2.56 bits per heavy atom. The smallest absolute Gasteiger partial charge is 0.398 e. The average molecular weight is 274 g/mol. The van der Waals surface area contributed by atoms with E-state index in [9.17, 15) is 13.2 Å². The van der Waals surface area contributed by atoms with Crippen LogP contribution in [0.25, 0.3) is 0 Å². The van der Waals surface area contributed by atoms with Gasteiger partial charge in [-0.15, -0.1) is 0 Å². The molecule has 1 aliphatic rings. The number of hydrogen-bond acceptors (Lipinski definition) is 1. The Kier molecular flexibility index (Phi) is 3.45. The lowest BCUT2D eigenvalue weighted by Gasteiger charge is -2.17. The van der Waals surface area contributed by atoms with E-state index < -0.39 is 12.1 Å². The van der Waals surface area contributed by atoms with Crippen LogP contribution in [0.2, 0.25) is 5.02 Å². The molecule has 0 amide bonds. The summed E-state index contributed by atoms with van der Waals surface area (Å²) < 4.78 is 39.0. The van der Waals surface area contributed by atoms with E-state index in [2.05, 4.69) is 11.8 Å². The van der Waals surface area contributed by atoms with Crippen LogP contribution in [0.15, 0.2) is 18.2 Å². The fourth-order valence-electron chi connectivity index (χ4n) is 1.56. The van der Waals surface area contributed by atoms with Gasteiger partial charge < -0.3 is 5.73 Å². The maximum absolute atomic E-state index is 13.0. The van der Waals surface area contributed by atoms with Crippen LogP contribution in [0.4, 0.5) is 18.9 Å². The lowest BCUT2D eigenvalue weighted by atomic mass is 9.97. The van der Waals surface area contributed by atoms with E-state index in [4.69, 9.17) is 17.3 Å². The molecule has 0 radical (unpaired) electrons. The predicted octanol–water partition coefficient (Wildman–Crippen LogP) is 3.98. The Bertz CT molecular complexity index is 509. The van der Waals surface area contributed by atoms with E-state index in [0.29, 0.717) is 0 Å². The second-order valence-corrected chi connectivity index (χ2v) is 4.75. The van der Waals surface area contributed by atoms with Crippen LogP contribution < -0.4 is 5.73 Å². The first-order chi connectivity index (χ1) is 8.38. The standard InChI is InChI=1S/C13H11ClF3N/c14-9-4-6-12(18)10(7-9)11(13(15,16)17)5-3-8-1-2-8/h4,6-8,11H,1-2,18H2/t11-/m1/s1. The molecule has 1 fully saturated rings. The summed E-state index contributed by atoms with van der Waals surface area (Å²) in [4.78, 5) is 0. The second-order valence-electron chi connectivity index (χ2n) is 4.31. The highest BCUT2D eigenvalue weighted by molar-refractivity contribution is 6.30. The predicted molar refractivity (Wildman–Crippen MR) is 65.2 cm³/mol. The van der Waals surface area contributed by atoms with Crippen molar-refractivity contribution in [3.63, 3.8) is 0 Å². The first-order valence-electron chi connectivity index (χ1n) is 5.50. The van der Waals surface area contributed by atoms with E-state index in [1.165, 1.54) is 18.2 Å². The molecule has 0 saturated heterocycles. The molecule has 0 heterocycles. The number of nitrogens with two attached hydrogens (primary N) is 1. The van der Waals surface area contributed by atoms with Gasteiger partial charge in [-0.3, -0.25) is 0 Å². The Hall–Kier alpha value is -1.34. The molecular formula is C13H11ClF3N. The zero-order chi connectivity index (χ0) is 13.3. The van der Waals surface area contributed by atoms with Gasteiger partial charge in [-0.1, -0.05) is 23.4 Å². The Balaban J connectivity index is 2.39. The van der Waals surface area contributed by atoms with Crippen molar-refractivity contribution in [3.8, 4) is 11.8 Å². The third-order valence-electron chi connectivity index (χ3n) is 2.70. The summed E-state index contributed by atoms with van der Waals surface area (Å²) in [6, 6.07) is 4.06. The average Bonchev–Trinajstić information content (AvgIpc) is 3.05. The highest BCUT2D eigenvalue weighted by atomic mass is 35.5. The third kappa shape index (κ3) is 3.11. The van der Waals surface area contributed by atoms with Crippen molar-refractivity contribution in [2.24, 2.45) is 5.92 Å². The molecule has 0 bridgehead atoms. The summed E-state index contributed by atoms with van der Waals surface area (Å²) in [6.45, 7) is 0. The fraction of sp³-hybridized carbons (Fsp3) is 0.385. The van der Waals surface area contributed by atoms with Gasteiger partial charge in [0.05, 0.1) is 0 Å². The largest absolute Gasteiger partial charge is 0.406 e. The summed E-state index contributed by atoms with van der Waals surface area (Å²) >= 11 is 5.71. The number of alkyl halides is 3. The molecule has 2 N–H and O–H groups in total. The maximum Gasteiger partial charge on any atom is 0.406 e. The minimum absolute atomic E-state index is 0.0619. The Morgan fingerprint density at radius 1 is 1.33 bits per heavy atom. The van der Waals surface area contributed by atoms with Gasteiger partial charge >= 0.3 is 6.18 Å². The van der Waals surface area contributed by atoms with E-state index in [1.54, 1.807) is 0 Å². The summed E-state index contributed by atoms with van der Waals surface area (Å²) in [5.74, 6) is 3.17. The third-order valence-corrected chi connectivity index (χ3v) is 2.93. The maximum atomic E-state index is 13.0. The molecule has 2 rings (SSSR count). The van der Waals surface area contributed by atoms with Gasteiger partial charge in [0.15, 0.2) is 0 Å². The molecule has 1 aliphatic carbocycles. The van der Waals surface area contributed by atoms with Crippen LogP contribution >= 0.6 is 11.6 Å². The minimum Gasteiger partial charge on any atom is -0.398 e. The zero-order valence-corrected chi connectivity index (χ0v) is 10.1. The van der Waals surface area contributed by atoms with Gasteiger partial charge in [0, 0.05) is 22.2 Å². The molecule has 1 aromatic rings. The normalized spacial score (nSPS) is 16.9. The van der Waals surface area contributed by atoms with Crippen LogP contribution in [0, 0.1) is 17.8 Å². The van der Waals surface area contributed by atoms with Crippen LogP contribution in [-0.4, -0.2) is 6.18 Å². The summed E-state index contributed by atoms with van der Waals surface area (Å²) in [5.41, 5.74) is 5.58. The number of nitrogen functional groups attached to an aromatic ring is 1. The summed E-state index contributed by atoms with van der Waals surface area (Å²) in [5, 5.41) is 0.224. The SMILES string of the molecule is Nc1ccc(Cl)cc1[C@@H](C#CC1CC1)C(F)(F)F. The van der Waals surface area contributed by atoms with Gasteiger partial charge in [0.2, 0.25) is 0 Å². The molecule has 96 valence electrons. The van der Waals surface area contributed by atoms with E-state index in [1.807, 2.05) is 0 Å². The van der Waals surface area contributed by atoms with Crippen molar-refractivity contribution in [2.75, 3.05) is 5.73 Å². The lowest BCUT2D eigenvalue weighted by Crippen LogP contribution is -2.20. The molecule has 1 nitrogen and oxygen atoms in total. The topological polar surface area (TPSA) is 26.0 Å². The van der Waals surface area contributed by atoms with Crippen molar-refractivity contribution in [2.45, 2.75) is 24.9 Å². The highest BCUT2D eigenvalue weighted by Crippen LogP contribution is 2.38. The molecule has 18 heavy (non-hydrogen) atoms. The van der Waals surface area contributed by atoms with E-state index in [0.717, 1.165) is 12.8 Å². The highest BCUT2D eigenvalue weighted by Gasteiger charge is 2.41. The number of rotatable bonds is 1. The van der Waals surface area contributed by atoms with Crippen molar-refractivity contribution >= 4 is 17.3 Å². The first-order valence-corrected chi connectivity index (χ1v) is 5.88. The molecule has 1 atom stereocenters. The second kappa shape index (κ2) is 4.74. The van der Waals surface area contributed by atoms with Crippen LogP contribution in [-0.2, 0) is 0 Å². The quantitative estimate of drug-likeness (QED) is 0.608. The summed E-state index contributed by atoms with van der Waals surface area (Å²) in [6.07, 6.45) is -2.69. The number of halogens is 4. The van der Waals surface area contributed by atoms with Crippen LogP contribution in [0.3, 0.4) is 0 Å². The first kappa shape index (κ1) is 13.1. The summed E-state index contributed by atoms with van der Waals surface area (Å²) in [7, 11) is 0. The van der Waals surface area contributed by atoms with Crippen molar-refractivity contribution in [1.29, 1.82) is 0 Å². The minimum atomic E-state index is -4.44. The van der Waals surface area contributed by atoms with Crippen molar-refractivity contribution < 1.29 is 13.2 Å². The molecule has 0 unspecified atom stereocenters. The molecule has 0 aliphatic heterocycles. The monoisotopic (exact) mass is 273 g/mol. The van der Waals surface area contributed by atoms with Gasteiger partial charge in [-0.05, 0) is 31.0 Å². The lowest BCUT2D eigenvalue weighted by molar-refractivity contribution is -0.137. The molecule has 1 aromatic carbocycles. The zero-order valence-electron chi connectivity index (χ0n) is 9.39. The van der Waals surface area contributed by atoms with Crippen molar-refractivity contribution in [1.82, 2.24) is 0 Å². The molecule has 0 aromatic heterocycles. The molecular weight excluding hydrogens is 263 g/mol. The molecule has 1 saturated carbocycles. The van der Waals surface area contributed by atoms with E-state index in [-0.39, 0.29) is 22.2 Å². The van der Waals surface area contributed by atoms with Crippen LogP contribution in [0.1, 0.15) is 24.3 Å². The van der Waals surface area contributed by atoms with E-state index >= 15 is 0 Å². The van der Waals surface area contributed by atoms with Crippen molar-refractivity contribution in [3.05, 3.63) is 28.8 Å². The fourth-order valence-corrected chi connectivity index (χ4v) is 1.74. The van der Waals surface area contributed by atoms with Gasteiger partial charge in [-0.25, -0.2) is 0 Å². The molecule has 0 spiro atoms. The molecule has 5 heteroatoms. The van der Waals surface area contributed by atoms with Gasteiger partial charge in [-0.2, -0.15) is 13.2 Å². The van der Waals surface area contributed by atoms with Crippen LogP contribution in [0.5, 0.6) is 0 Å². The number of anilines is 1. The number of hydrogen-bond donors (Lipinski definition) is 1. The van der Waals surface area contributed by atoms with Gasteiger partial charge in [0.1, 0.15) is 5.92 Å². The number of benzene rings is 1.